The molecule has 3 N–H and O–H groups in total. The van der Waals surface area contributed by atoms with Crippen LogP contribution in [-0.2, 0) is 19.1 Å². The zero-order valence-electron chi connectivity index (χ0n) is 18.8. The van der Waals surface area contributed by atoms with E-state index in [1.54, 1.807) is 41.7 Å². The number of nitrogens with one attached hydrogen (secondary N) is 2. The van der Waals surface area contributed by atoms with Crippen LogP contribution in [0.1, 0.15) is 37.5 Å². The molecular weight excluding hydrogens is 462 g/mol. The summed E-state index contributed by atoms with van der Waals surface area (Å²) in [7, 11) is 1.60. The van der Waals surface area contributed by atoms with Crippen molar-refractivity contribution >= 4 is 46.7 Å². The predicted octanol–water partition coefficient (Wildman–Crippen LogP) is 4.45. The molecule has 8 nitrogen and oxygen atoms in total. The molecule has 1 aromatic carbocycles. The van der Waals surface area contributed by atoms with E-state index in [1.807, 2.05) is 31.2 Å². The number of benzene rings is 1. The molecular formula is C23H29N3O5S2. The summed E-state index contributed by atoms with van der Waals surface area (Å²) >= 11 is 3.40. The number of nitrogens with zero attached hydrogens (tertiary/aromatic N) is 1. The number of amides is 3. The van der Waals surface area contributed by atoms with Gasteiger partial charge in [0.25, 0.3) is 5.91 Å². The van der Waals surface area contributed by atoms with Crippen LogP contribution in [0.3, 0.4) is 0 Å². The second kappa shape index (κ2) is 11.5. The van der Waals surface area contributed by atoms with Gasteiger partial charge in [0.05, 0.1) is 4.75 Å². The van der Waals surface area contributed by atoms with Crippen molar-refractivity contribution in [3.8, 4) is 10.4 Å². The molecule has 0 aliphatic carbocycles. The van der Waals surface area contributed by atoms with Gasteiger partial charge < -0.3 is 15.0 Å². The molecule has 1 aromatic heterocycles. The molecule has 3 amide bonds. The minimum absolute atomic E-state index is 0.232. The normalized spacial score (nSPS) is 17.8. The maximum Gasteiger partial charge on any atom is 0.409 e. The third-order valence-corrected chi connectivity index (χ3v) is 8.60. The molecule has 33 heavy (non-hydrogen) atoms. The van der Waals surface area contributed by atoms with Crippen LogP contribution in [0.4, 0.5) is 10.5 Å². The molecule has 10 heteroatoms. The number of thiophene rings is 1. The largest absolute Gasteiger partial charge is 0.439 e. The van der Waals surface area contributed by atoms with Crippen molar-refractivity contribution in [1.82, 2.24) is 10.4 Å². The number of hydroxylamine groups is 1. The molecule has 1 atom stereocenters. The summed E-state index contributed by atoms with van der Waals surface area (Å²) in [6.45, 7) is 1.96. The summed E-state index contributed by atoms with van der Waals surface area (Å²) in [6.07, 6.45) is 2.73. The first kappa shape index (κ1) is 25.1. The van der Waals surface area contributed by atoms with Crippen LogP contribution in [0.2, 0.25) is 0 Å². The Labute approximate surface area is 201 Å². The molecule has 178 valence electrons. The van der Waals surface area contributed by atoms with Gasteiger partial charge in [-0.3, -0.25) is 14.8 Å². The Bertz CT molecular complexity index is 988. The van der Waals surface area contributed by atoms with Crippen molar-refractivity contribution in [2.75, 3.05) is 31.3 Å². The average Bonchev–Trinajstić information content (AvgIpc) is 3.34. The molecule has 3 rings (SSSR count). The van der Waals surface area contributed by atoms with Crippen molar-refractivity contribution < 1.29 is 24.3 Å². The first-order valence-corrected chi connectivity index (χ1v) is 12.6. The summed E-state index contributed by atoms with van der Waals surface area (Å²) in [6, 6.07) is 11.5. The Morgan fingerprint density at radius 2 is 2.00 bits per heavy atom. The van der Waals surface area contributed by atoms with Crippen molar-refractivity contribution in [2.45, 2.75) is 37.4 Å². The fourth-order valence-electron chi connectivity index (χ4n) is 3.62. The van der Waals surface area contributed by atoms with E-state index in [2.05, 4.69) is 11.4 Å². The third-order valence-electron chi connectivity index (χ3n) is 5.52. The number of thioether (sulfide) groups is 1. The smallest absolute Gasteiger partial charge is 0.409 e. The van der Waals surface area contributed by atoms with Gasteiger partial charge in [0.15, 0.2) is 6.61 Å². The molecule has 1 aliphatic rings. The Morgan fingerprint density at radius 1 is 1.18 bits per heavy atom. The second-order valence-electron chi connectivity index (χ2n) is 7.87. The average molecular weight is 492 g/mol. The van der Waals surface area contributed by atoms with Crippen LogP contribution in [0, 0.1) is 0 Å². The van der Waals surface area contributed by atoms with Crippen LogP contribution >= 0.6 is 23.1 Å². The van der Waals surface area contributed by atoms with Crippen LogP contribution in [0.5, 0.6) is 0 Å². The van der Waals surface area contributed by atoms with Gasteiger partial charge in [0.2, 0.25) is 5.91 Å². The number of carbonyl (C=O) groups excluding carboxylic acids is 3. The van der Waals surface area contributed by atoms with Gasteiger partial charge >= 0.3 is 6.09 Å². The van der Waals surface area contributed by atoms with Gasteiger partial charge in [0.1, 0.15) is 0 Å². The van der Waals surface area contributed by atoms with E-state index in [4.69, 9.17) is 9.94 Å². The highest BCUT2D eigenvalue weighted by Crippen LogP contribution is 2.50. The first-order chi connectivity index (χ1) is 15.9. The van der Waals surface area contributed by atoms with Gasteiger partial charge in [-0.1, -0.05) is 18.6 Å². The Balaban J connectivity index is 1.71. The van der Waals surface area contributed by atoms with Crippen LogP contribution in [-0.4, -0.2) is 54.0 Å². The lowest BCUT2D eigenvalue weighted by atomic mass is 9.94. The fourth-order valence-corrected chi connectivity index (χ4v) is 6.51. The second-order valence-corrected chi connectivity index (χ2v) is 10.4. The number of ether oxygens (including phenoxy) is 1. The zero-order valence-corrected chi connectivity index (χ0v) is 20.4. The summed E-state index contributed by atoms with van der Waals surface area (Å²) in [5.41, 5.74) is 3.32. The van der Waals surface area contributed by atoms with E-state index in [1.165, 1.54) is 4.90 Å². The third kappa shape index (κ3) is 6.49. The minimum Gasteiger partial charge on any atom is -0.439 e. The molecule has 1 aliphatic heterocycles. The molecule has 2 aromatic rings. The number of rotatable bonds is 8. The molecule has 2 heterocycles. The number of anilines is 1. The van der Waals surface area contributed by atoms with Gasteiger partial charge in [0, 0.05) is 35.5 Å². The van der Waals surface area contributed by atoms with E-state index >= 15 is 0 Å². The minimum atomic E-state index is -0.545. The molecule has 0 saturated carbocycles. The van der Waals surface area contributed by atoms with Crippen molar-refractivity contribution in [2.24, 2.45) is 0 Å². The molecule has 0 unspecified atom stereocenters. The highest BCUT2D eigenvalue weighted by Gasteiger charge is 2.38. The zero-order chi connectivity index (χ0) is 23.8. The molecule has 0 spiro atoms. The van der Waals surface area contributed by atoms with Crippen molar-refractivity contribution in [1.29, 1.82) is 0 Å². The number of carbonyl (C=O) groups is 3. The van der Waals surface area contributed by atoms with E-state index in [0.29, 0.717) is 12.2 Å². The van der Waals surface area contributed by atoms with E-state index in [0.717, 1.165) is 40.3 Å². The lowest BCUT2D eigenvalue weighted by Crippen LogP contribution is -2.32. The maximum absolute atomic E-state index is 12.2. The van der Waals surface area contributed by atoms with Gasteiger partial charge in [-0.05, 0) is 55.3 Å². The highest BCUT2D eigenvalue weighted by molar-refractivity contribution is 8.00. The molecule has 1 saturated heterocycles. The number of hydrogen-bond donors (Lipinski definition) is 3. The van der Waals surface area contributed by atoms with Crippen LogP contribution < -0.4 is 10.8 Å². The standard InChI is InChI=1S/C23H29N3O5S2/c1-3-26(2)22(29)31-15-21(28)24-17-8-6-7-16(13-17)18-9-10-19(33-18)23(14-20(27)25-30)11-4-5-12-32-23/h6-10,13,30H,3-5,11-12,14-15H2,1-2H3,(H,24,28)(H,25,27)/t23-/m0/s1. The topological polar surface area (TPSA) is 108 Å². The summed E-state index contributed by atoms with van der Waals surface area (Å²) in [4.78, 5) is 39.4. The quantitative estimate of drug-likeness (QED) is 0.372. The number of hydrogen-bond acceptors (Lipinski definition) is 7. The van der Waals surface area contributed by atoms with E-state index in [9.17, 15) is 14.4 Å². The summed E-state index contributed by atoms with van der Waals surface area (Å²) < 4.78 is 4.65. The molecule has 0 bridgehead atoms. The maximum atomic E-state index is 12.2. The molecule has 0 radical (unpaired) electrons. The Morgan fingerprint density at radius 3 is 2.70 bits per heavy atom. The van der Waals surface area contributed by atoms with Gasteiger partial charge in [-0.15, -0.1) is 23.1 Å². The highest BCUT2D eigenvalue weighted by atomic mass is 32.2. The molecule has 1 fully saturated rings. The first-order valence-electron chi connectivity index (χ1n) is 10.8. The van der Waals surface area contributed by atoms with Crippen molar-refractivity contribution in [3.63, 3.8) is 0 Å². The summed E-state index contributed by atoms with van der Waals surface area (Å²) in [5.74, 6) is 0.186. The predicted molar refractivity (Wildman–Crippen MR) is 131 cm³/mol. The van der Waals surface area contributed by atoms with Gasteiger partial charge in [-0.2, -0.15) is 0 Å². The fraction of sp³-hybridized carbons (Fsp3) is 0.435. The Kier molecular flexibility index (Phi) is 8.76. The van der Waals surface area contributed by atoms with Crippen LogP contribution in [0.25, 0.3) is 10.4 Å². The Hall–Kier alpha value is -2.56. The summed E-state index contributed by atoms with van der Waals surface area (Å²) in [5, 5.41) is 11.8. The SMILES string of the molecule is CCN(C)C(=O)OCC(=O)Nc1cccc(-c2ccc([C@@]3(CC(=O)NO)CCCCS3)s2)c1. The monoisotopic (exact) mass is 491 g/mol. The van der Waals surface area contributed by atoms with E-state index in [-0.39, 0.29) is 23.7 Å². The van der Waals surface area contributed by atoms with E-state index < -0.39 is 12.0 Å². The lowest BCUT2D eigenvalue weighted by molar-refractivity contribution is -0.129. The lowest BCUT2D eigenvalue weighted by Gasteiger charge is -2.35. The van der Waals surface area contributed by atoms with Gasteiger partial charge in [-0.25, -0.2) is 10.3 Å². The van der Waals surface area contributed by atoms with Crippen LogP contribution in [0.15, 0.2) is 36.4 Å². The van der Waals surface area contributed by atoms with Crippen molar-refractivity contribution in [3.05, 3.63) is 41.3 Å².